The first-order chi connectivity index (χ1) is 11.2. The molecule has 0 aromatic carbocycles. The maximum absolute atomic E-state index is 11.9. The first-order valence-corrected chi connectivity index (χ1v) is 8.48. The molecule has 1 aliphatic rings. The van der Waals surface area contributed by atoms with E-state index in [1.54, 1.807) is 0 Å². The molecule has 2 rings (SSSR count). The van der Waals surface area contributed by atoms with Crippen molar-refractivity contribution in [2.45, 2.75) is 65.8 Å². The van der Waals surface area contributed by atoms with Crippen LogP contribution in [0, 0.1) is 5.92 Å². The molecule has 1 aliphatic carbocycles. The monoisotopic (exact) mass is 323 g/mol. The second kappa shape index (κ2) is 12.6. The summed E-state index contributed by atoms with van der Waals surface area (Å²) < 4.78 is 0. The van der Waals surface area contributed by atoms with Crippen molar-refractivity contribution in [3.63, 3.8) is 0 Å². The van der Waals surface area contributed by atoms with Crippen LogP contribution in [0.3, 0.4) is 0 Å². The lowest BCUT2D eigenvalue weighted by molar-refractivity contribution is -0.141. The average molecular weight is 323 g/mol. The fourth-order valence-corrected chi connectivity index (χ4v) is 2.48. The summed E-state index contributed by atoms with van der Waals surface area (Å²) in [5.74, 6) is -1.46. The van der Waals surface area contributed by atoms with Gasteiger partial charge in [0.15, 0.2) is 0 Å². The SMILES string of the molecule is CC.CC.O=C(NC(C(=O)O)C1CCCCC1)c1cnccn1. The highest BCUT2D eigenvalue weighted by Gasteiger charge is 2.31. The summed E-state index contributed by atoms with van der Waals surface area (Å²) in [6.45, 7) is 8.00. The second-order valence-corrected chi connectivity index (χ2v) is 4.78. The van der Waals surface area contributed by atoms with Crippen molar-refractivity contribution in [2.75, 3.05) is 0 Å². The summed E-state index contributed by atoms with van der Waals surface area (Å²) in [6, 6.07) is -0.838. The number of carbonyl (C=O) groups is 2. The molecule has 1 aromatic rings. The molecule has 0 spiro atoms. The number of hydrogen-bond donors (Lipinski definition) is 2. The fourth-order valence-electron chi connectivity index (χ4n) is 2.48. The lowest BCUT2D eigenvalue weighted by Crippen LogP contribution is -2.46. The summed E-state index contributed by atoms with van der Waals surface area (Å²) in [4.78, 5) is 30.9. The first kappa shape index (κ1) is 21.0. The molecule has 0 radical (unpaired) electrons. The summed E-state index contributed by atoms with van der Waals surface area (Å²) >= 11 is 0. The minimum atomic E-state index is -0.982. The van der Waals surface area contributed by atoms with Gasteiger partial charge < -0.3 is 10.4 Å². The number of aromatic nitrogens is 2. The average Bonchev–Trinajstić information content (AvgIpc) is 2.64. The van der Waals surface area contributed by atoms with Gasteiger partial charge in [-0.15, -0.1) is 0 Å². The fraction of sp³-hybridized carbons (Fsp3) is 0.647. The van der Waals surface area contributed by atoms with Gasteiger partial charge in [0.25, 0.3) is 5.91 Å². The maximum atomic E-state index is 11.9. The molecule has 0 saturated heterocycles. The van der Waals surface area contributed by atoms with Gasteiger partial charge in [-0.1, -0.05) is 47.0 Å². The van der Waals surface area contributed by atoms with Crippen molar-refractivity contribution in [2.24, 2.45) is 5.92 Å². The topological polar surface area (TPSA) is 92.2 Å². The number of carboxylic acids is 1. The third kappa shape index (κ3) is 7.21. The predicted molar refractivity (Wildman–Crippen MR) is 90.2 cm³/mol. The molecule has 1 fully saturated rings. The number of hydrogen-bond acceptors (Lipinski definition) is 4. The second-order valence-electron chi connectivity index (χ2n) is 4.78. The van der Waals surface area contributed by atoms with E-state index >= 15 is 0 Å². The Hall–Kier alpha value is -1.98. The van der Waals surface area contributed by atoms with Crippen LogP contribution in [-0.2, 0) is 4.79 Å². The number of carbonyl (C=O) groups excluding carboxylic acids is 1. The molecule has 6 nitrogen and oxygen atoms in total. The van der Waals surface area contributed by atoms with E-state index in [-0.39, 0.29) is 11.6 Å². The van der Waals surface area contributed by atoms with Crippen LogP contribution in [0.2, 0.25) is 0 Å². The number of aliphatic carboxylic acids is 1. The number of nitrogens with one attached hydrogen (secondary N) is 1. The van der Waals surface area contributed by atoms with Crippen molar-refractivity contribution >= 4 is 11.9 Å². The van der Waals surface area contributed by atoms with Crippen molar-refractivity contribution in [1.29, 1.82) is 0 Å². The molecule has 6 heteroatoms. The number of carboxylic acid groups (broad SMARTS) is 1. The third-order valence-electron chi connectivity index (χ3n) is 3.47. The highest BCUT2D eigenvalue weighted by molar-refractivity contribution is 5.94. The zero-order valence-electron chi connectivity index (χ0n) is 14.6. The van der Waals surface area contributed by atoms with E-state index in [4.69, 9.17) is 0 Å². The maximum Gasteiger partial charge on any atom is 0.326 e. The Labute approximate surface area is 138 Å². The summed E-state index contributed by atoms with van der Waals surface area (Å²) in [5, 5.41) is 11.8. The van der Waals surface area contributed by atoms with Gasteiger partial charge in [0.05, 0.1) is 6.20 Å². The van der Waals surface area contributed by atoms with Gasteiger partial charge in [-0.25, -0.2) is 9.78 Å². The highest BCUT2D eigenvalue weighted by atomic mass is 16.4. The lowest BCUT2D eigenvalue weighted by Gasteiger charge is -2.27. The van der Waals surface area contributed by atoms with E-state index < -0.39 is 17.9 Å². The minimum absolute atomic E-state index is 0.00636. The van der Waals surface area contributed by atoms with Crippen LogP contribution in [-0.4, -0.2) is 33.0 Å². The summed E-state index contributed by atoms with van der Waals surface area (Å²) in [7, 11) is 0. The molecule has 130 valence electrons. The van der Waals surface area contributed by atoms with Crippen LogP contribution in [0.25, 0.3) is 0 Å². The van der Waals surface area contributed by atoms with Gasteiger partial charge in [-0.2, -0.15) is 0 Å². The van der Waals surface area contributed by atoms with Gasteiger partial charge in [-0.05, 0) is 18.8 Å². The molecule has 1 unspecified atom stereocenters. The normalized spacial score (nSPS) is 15.1. The van der Waals surface area contributed by atoms with Gasteiger partial charge in [0.2, 0.25) is 0 Å². The smallest absolute Gasteiger partial charge is 0.326 e. The summed E-state index contributed by atoms with van der Waals surface area (Å²) in [6.07, 6.45) is 9.08. The van der Waals surface area contributed by atoms with Crippen molar-refractivity contribution in [3.8, 4) is 0 Å². The van der Waals surface area contributed by atoms with Crippen molar-refractivity contribution < 1.29 is 14.7 Å². The van der Waals surface area contributed by atoms with Crippen LogP contribution in [0.4, 0.5) is 0 Å². The largest absolute Gasteiger partial charge is 0.480 e. The van der Waals surface area contributed by atoms with Crippen LogP contribution in [0.1, 0.15) is 70.3 Å². The van der Waals surface area contributed by atoms with E-state index in [0.29, 0.717) is 0 Å². The molecule has 0 aliphatic heterocycles. The van der Waals surface area contributed by atoms with E-state index in [1.165, 1.54) is 18.6 Å². The summed E-state index contributed by atoms with van der Waals surface area (Å²) in [5.41, 5.74) is 0.143. The molecule has 1 atom stereocenters. The Bertz CT molecular complexity index is 446. The van der Waals surface area contributed by atoms with E-state index in [9.17, 15) is 14.7 Å². The van der Waals surface area contributed by atoms with Crippen molar-refractivity contribution in [3.05, 3.63) is 24.3 Å². The zero-order valence-corrected chi connectivity index (χ0v) is 14.6. The third-order valence-corrected chi connectivity index (χ3v) is 3.47. The molecular formula is C17H29N3O3. The van der Waals surface area contributed by atoms with E-state index in [2.05, 4.69) is 15.3 Å². The molecule has 1 heterocycles. The van der Waals surface area contributed by atoms with Gasteiger partial charge in [-0.3, -0.25) is 9.78 Å². The van der Waals surface area contributed by atoms with E-state index in [0.717, 1.165) is 32.1 Å². The van der Waals surface area contributed by atoms with Gasteiger partial charge in [0.1, 0.15) is 11.7 Å². The zero-order chi connectivity index (χ0) is 17.7. The van der Waals surface area contributed by atoms with Gasteiger partial charge >= 0.3 is 5.97 Å². The Morgan fingerprint density at radius 1 is 1.13 bits per heavy atom. The lowest BCUT2D eigenvalue weighted by atomic mass is 9.84. The molecule has 1 aromatic heterocycles. The van der Waals surface area contributed by atoms with Crippen LogP contribution < -0.4 is 5.32 Å². The Balaban J connectivity index is 0.00000112. The number of rotatable bonds is 4. The molecule has 1 amide bonds. The highest BCUT2D eigenvalue weighted by Crippen LogP contribution is 2.26. The van der Waals surface area contributed by atoms with Crippen molar-refractivity contribution in [1.82, 2.24) is 15.3 Å². The Morgan fingerprint density at radius 2 is 1.74 bits per heavy atom. The molecule has 1 saturated carbocycles. The molecule has 23 heavy (non-hydrogen) atoms. The Morgan fingerprint density at radius 3 is 2.22 bits per heavy atom. The number of nitrogens with zero attached hydrogens (tertiary/aromatic N) is 2. The Kier molecular flexibility index (Phi) is 11.5. The first-order valence-electron chi connectivity index (χ1n) is 8.48. The quantitative estimate of drug-likeness (QED) is 0.887. The van der Waals surface area contributed by atoms with Crippen LogP contribution in [0.15, 0.2) is 18.6 Å². The molecular weight excluding hydrogens is 294 g/mol. The number of amides is 1. The van der Waals surface area contributed by atoms with Crippen LogP contribution >= 0.6 is 0 Å². The molecule has 2 N–H and O–H groups in total. The van der Waals surface area contributed by atoms with Gasteiger partial charge in [0, 0.05) is 12.4 Å². The minimum Gasteiger partial charge on any atom is -0.480 e. The predicted octanol–water partition coefficient (Wildman–Crippen LogP) is 3.29. The van der Waals surface area contributed by atoms with E-state index in [1.807, 2.05) is 27.7 Å². The van der Waals surface area contributed by atoms with Crippen LogP contribution in [0.5, 0.6) is 0 Å². The standard InChI is InChI=1S/C13H17N3O3.2C2H6/c17-12(10-8-14-6-7-15-10)16-11(13(18)19)9-4-2-1-3-5-9;2*1-2/h6-9,11H,1-5H2,(H,16,17)(H,18,19);2*1-2H3. The molecule has 0 bridgehead atoms.